The van der Waals surface area contributed by atoms with Crippen molar-refractivity contribution in [3.8, 4) is 5.75 Å². The van der Waals surface area contributed by atoms with E-state index in [4.69, 9.17) is 11.6 Å². The van der Waals surface area contributed by atoms with E-state index in [1.165, 1.54) is 12.1 Å². The number of carbonyl (C=O) groups excluding carboxylic acids is 1. The van der Waals surface area contributed by atoms with Crippen LogP contribution in [0.1, 0.15) is 15.9 Å². The highest BCUT2D eigenvalue weighted by Crippen LogP contribution is 2.26. The van der Waals surface area contributed by atoms with E-state index in [9.17, 15) is 9.90 Å². The van der Waals surface area contributed by atoms with Gasteiger partial charge in [0.1, 0.15) is 5.75 Å². The molecule has 2 aromatic rings. The highest BCUT2D eigenvalue weighted by atomic mass is 79.9. The summed E-state index contributed by atoms with van der Waals surface area (Å²) in [6.07, 6.45) is 0. The molecule has 2 rings (SSSR count). The summed E-state index contributed by atoms with van der Waals surface area (Å²) in [4.78, 5) is 12.1. The maximum Gasteiger partial charge on any atom is 0.255 e. The van der Waals surface area contributed by atoms with E-state index in [1.54, 1.807) is 18.2 Å². The van der Waals surface area contributed by atoms with Gasteiger partial charge in [-0.2, -0.15) is 0 Å². The van der Waals surface area contributed by atoms with Crippen LogP contribution in [0.3, 0.4) is 0 Å². The zero-order valence-corrected chi connectivity index (χ0v) is 12.4. The van der Waals surface area contributed by atoms with Gasteiger partial charge in [0.2, 0.25) is 0 Å². The van der Waals surface area contributed by atoms with Gasteiger partial charge in [0.25, 0.3) is 5.91 Å². The lowest BCUT2D eigenvalue weighted by atomic mass is 10.1. The van der Waals surface area contributed by atoms with E-state index in [1.807, 2.05) is 13.0 Å². The first kappa shape index (κ1) is 13.9. The molecule has 0 saturated carbocycles. The molecule has 5 heteroatoms. The predicted molar refractivity (Wildman–Crippen MR) is 79.9 cm³/mol. The Hall–Kier alpha value is -1.52. The number of phenols is 1. The summed E-state index contributed by atoms with van der Waals surface area (Å²) < 4.78 is 0.842. The molecule has 0 aliphatic heterocycles. The van der Waals surface area contributed by atoms with E-state index in [2.05, 4.69) is 21.2 Å². The zero-order valence-electron chi connectivity index (χ0n) is 10.1. The number of phenolic OH excluding ortho intramolecular Hbond substituents is 1. The first-order chi connectivity index (χ1) is 8.95. The SMILES string of the molecule is Cc1cc(Br)cc(C(=O)Nc2ccc(O)cc2Cl)c1. The van der Waals surface area contributed by atoms with Crippen LogP contribution in [0.25, 0.3) is 0 Å². The molecule has 2 N–H and O–H groups in total. The molecule has 1 amide bonds. The number of hydrogen-bond donors (Lipinski definition) is 2. The van der Waals surface area contributed by atoms with E-state index >= 15 is 0 Å². The van der Waals surface area contributed by atoms with Crippen LogP contribution in [-0.2, 0) is 0 Å². The second kappa shape index (κ2) is 5.63. The van der Waals surface area contributed by atoms with Crippen LogP contribution >= 0.6 is 27.5 Å². The molecule has 0 aromatic heterocycles. The van der Waals surface area contributed by atoms with Crippen LogP contribution in [0.15, 0.2) is 40.9 Å². The molecule has 0 radical (unpaired) electrons. The van der Waals surface area contributed by atoms with Crippen molar-refractivity contribution in [1.82, 2.24) is 0 Å². The van der Waals surface area contributed by atoms with E-state index in [0.29, 0.717) is 16.3 Å². The molecule has 98 valence electrons. The van der Waals surface area contributed by atoms with Crippen LogP contribution in [0.2, 0.25) is 5.02 Å². The fourth-order valence-electron chi connectivity index (χ4n) is 1.67. The Morgan fingerprint density at radius 2 is 2.00 bits per heavy atom. The summed E-state index contributed by atoms with van der Waals surface area (Å²) in [7, 11) is 0. The van der Waals surface area contributed by atoms with Crippen LogP contribution in [0, 0.1) is 6.92 Å². The largest absolute Gasteiger partial charge is 0.508 e. The lowest BCUT2D eigenvalue weighted by Gasteiger charge is -2.08. The highest BCUT2D eigenvalue weighted by molar-refractivity contribution is 9.10. The van der Waals surface area contributed by atoms with Gasteiger partial charge in [-0.05, 0) is 42.8 Å². The van der Waals surface area contributed by atoms with Gasteiger partial charge in [-0.15, -0.1) is 0 Å². The number of hydrogen-bond acceptors (Lipinski definition) is 2. The Labute approximate surface area is 124 Å². The summed E-state index contributed by atoms with van der Waals surface area (Å²) >= 11 is 9.29. The third-order valence-corrected chi connectivity index (χ3v) is 3.28. The number of benzene rings is 2. The number of aryl methyl sites for hydroxylation is 1. The van der Waals surface area contributed by atoms with Gasteiger partial charge in [-0.1, -0.05) is 27.5 Å². The van der Waals surface area contributed by atoms with Crippen LogP contribution in [0.4, 0.5) is 5.69 Å². The van der Waals surface area contributed by atoms with Crippen LogP contribution in [0.5, 0.6) is 5.75 Å². The lowest BCUT2D eigenvalue weighted by Crippen LogP contribution is -2.12. The predicted octanol–water partition coefficient (Wildman–Crippen LogP) is 4.37. The fourth-order valence-corrected chi connectivity index (χ4v) is 2.50. The zero-order chi connectivity index (χ0) is 14.0. The van der Waals surface area contributed by atoms with Crippen molar-refractivity contribution in [1.29, 1.82) is 0 Å². The molecule has 19 heavy (non-hydrogen) atoms. The van der Waals surface area contributed by atoms with Crippen molar-refractivity contribution in [2.75, 3.05) is 5.32 Å². The average molecular weight is 341 g/mol. The fraction of sp³-hybridized carbons (Fsp3) is 0.0714. The van der Waals surface area contributed by atoms with Gasteiger partial charge >= 0.3 is 0 Å². The Bertz CT molecular complexity index is 623. The molecule has 0 heterocycles. The number of halogens is 2. The Morgan fingerprint density at radius 3 is 2.63 bits per heavy atom. The van der Waals surface area contributed by atoms with Crippen molar-refractivity contribution in [3.05, 3.63) is 57.0 Å². The Balaban J connectivity index is 2.25. The molecule has 3 nitrogen and oxygen atoms in total. The molecule has 0 aliphatic carbocycles. The maximum absolute atomic E-state index is 12.1. The number of rotatable bonds is 2. The summed E-state index contributed by atoms with van der Waals surface area (Å²) in [6, 6.07) is 9.84. The molecule has 0 spiro atoms. The molecule has 2 aromatic carbocycles. The molecular weight excluding hydrogens is 330 g/mol. The first-order valence-electron chi connectivity index (χ1n) is 5.53. The molecule has 0 aliphatic rings. The van der Waals surface area contributed by atoms with Gasteiger partial charge in [0.05, 0.1) is 10.7 Å². The third-order valence-electron chi connectivity index (χ3n) is 2.51. The molecule has 0 saturated heterocycles. The van der Waals surface area contributed by atoms with Gasteiger partial charge in [0, 0.05) is 16.1 Å². The second-order valence-corrected chi connectivity index (χ2v) is 5.46. The summed E-state index contributed by atoms with van der Waals surface area (Å²) in [5.41, 5.74) is 1.98. The van der Waals surface area contributed by atoms with Gasteiger partial charge < -0.3 is 10.4 Å². The van der Waals surface area contributed by atoms with E-state index < -0.39 is 0 Å². The number of carbonyl (C=O) groups is 1. The van der Waals surface area contributed by atoms with Crippen LogP contribution in [-0.4, -0.2) is 11.0 Å². The minimum atomic E-state index is -0.253. The minimum Gasteiger partial charge on any atom is -0.508 e. The normalized spacial score (nSPS) is 10.3. The van der Waals surface area contributed by atoms with Crippen molar-refractivity contribution in [3.63, 3.8) is 0 Å². The molecule has 0 fully saturated rings. The molecule has 0 bridgehead atoms. The topological polar surface area (TPSA) is 49.3 Å². The van der Waals surface area contributed by atoms with Gasteiger partial charge in [-0.3, -0.25) is 4.79 Å². The molecule has 0 unspecified atom stereocenters. The summed E-state index contributed by atoms with van der Waals surface area (Å²) in [5.74, 6) is -0.196. The van der Waals surface area contributed by atoms with Crippen molar-refractivity contribution in [2.24, 2.45) is 0 Å². The standard InChI is InChI=1S/C14H11BrClNO2/c1-8-4-9(6-10(15)5-8)14(19)17-13-3-2-11(18)7-12(13)16/h2-7,18H,1H3,(H,17,19). The summed E-state index contributed by atoms with van der Waals surface area (Å²) in [5, 5.41) is 12.3. The monoisotopic (exact) mass is 339 g/mol. The van der Waals surface area contributed by atoms with Crippen molar-refractivity contribution < 1.29 is 9.90 Å². The average Bonchev–Trinajstić information content (AvgIpc) is 2.31. The number of nitrogens with one attached hydrogen (secondary N) is 1. The number of amides is 1. The molecule has 0 atom stereocenters. The van der Waals surface area contributed by atoms with Crippen molar-refractivity contribution in [2.45, 2.75) is 6.92 Å². The minimum absolute atomic E-state index is 0.0568. The molecular formula is C14H11BrClNO2. The smallest absolute Gasteiger partial charge is 0.255 e. The highest BCUT2D eigenvalue weighted by Gasteiger charge is 2.10. The van der Waals surface area contributed by atoms with Crippen LogP contribution < -0.4 is 5.32 Å². The second-order valence-electron chi connectivity index (χ2n) is 4.14. The first-order valence-corrected chi connectivity index (χ1v) is 6.70. The van der Waals surface area contributed by atoms with E-state index in [0.717, 1.165) is 10.0 Å². The Kier molecular flexibility index (Phi) is 4.12. The number of aromatic hydroxyl groups is 1. The number of anilines is 1. The van der Waals surface area contributed by atoms with Gasteiger partial charge in [0.15, 0.2) is 0 Å². The maximum atomic E-state index is 12.1. The summed E-state index contributed by atoms with van der Waals surface area (Å²) in [6.45, 7) is 1.91. The van der Waals surface area contributed by atoms with Crippen molar-refractivity contribution >= 4 is 39.1 Å². The van der Waals surface area contributed by atoms with E-state index in [-0.39, 0.29) is 11.7 Å². The Morgan fingerprint density at radius 1 is 1.26 bits per heavy atom. The quantitative estimate of drug-likeness (QED) is 0.798. The lowest BCUT2D eigenvalue weighted by molar-refractivity contribution is 0.102. The van der Waals surface area contributed by atoms with Gasteiger partial charge in [-0.25, -0.2) is 0 Å². The third kappa shape index (κ3) is 3.49.